The number of amides is 1. The second-order valence-electron chi connectivity index (χ2n) is 5.69. The fraction of sp³-hybridized carbons (Fsp3) is 0.929. The fourth-order valence-corrected chi connectivity index (χ4v) is 2.73. The van der Waals surface area contributed by atoms with Gasteiger partial charge in [-0.1, -0.05) is 12.8 Å². The topological polar surface area (TPSA) is 58.4 Å². The molecule has 2 atom stereocenters. The third-order valence-corrected chi connectivity index (χ3v) is 3.88. The number of hydrogen-bond acceptors (Lipinski definition) is 3. The van der Waals surface area contributed by atoms with Crippen molar-refractivity contribution in [1.29, 1.82) is 0 Å². The molecule has 0 saturated heterocycles. The maximum Gasteiger partial charge on any atom is 0.223 e. The molecule has 3 N–H and O–H groups in total. The van der Waals surface area contributed by atoms with Crippen LogP contribution in [0.3, 0.4) is 0 Å². The molecule has 0 radical (unpaired) electrons. The maximum absolute atomic E-state index is 12.1. The van der Waals surface area contributed by atoms with Crippen LogP contribution in [0.25, 0.3) is 0 Å². The van der Waals surface area contributed by atoms with Gasteiger partial charge in [0.15, 0.2) is 0 Å². The van der Waals surface area contributed by atoms with Crippen molar-refractivity contribution in [3.05, 3.63) is 0 Å². The molecule has 0 aromatic carbocycles. The largest absolute Gasteiger partial charge is 0.356 e. The minimum Gasteiger partial charge on any atom is -0.356 e. The van der Waals surface area contributed by atoms with E-state index in [9.17, 15) is 4.79 Å². The molecule has 4 nitrogen and oxygen atoms in total. The highest BCUT2D eigenvalue weighted by Crippen LogP contribution is 2.29. The molecule has 0 spiro atoms. The Morgan fingerprint density at radius 2 is 2.00 bits per heavy atom. The van der Waals surface area contributed by atoms with Crippen molar-refractivity contribution in [2.24, 2.45) is 17.6 Å². The summed E-state index contributed by atoms with van der Waals surface area (Å²) in [5, 5.41) is 3.08. The smallest absolute Gasteiger partial charge is 0.223 e. The van der Waals surface area contributed by atoms with Gasteiger partial charge in [-0.3, -0.25) is 4.79 Å². The van der Waals surface area contributed by atoms with Crippen molar-refractivity contribution in [3.63, 3.8) is 0 Å². The fourth-order valence-electron chi connectivity index (χ4n) is 2.73. The van der Waals surface area contributed by atoms with E-state index in [2.05, 4.69) is 24.3 Å². The first kappa shape index (κ1) is 15.4. The molecule has 1 aliphatic carbocycles. The van der Waals surface area contributed by atoms with Crippen LogP contribution in [0.2, 0.25) is 0 Å². The first-order chi connectivity index (χ1) is 8.65. The highest BCUT2D eigenvalue weighted by Gasteiger charge is 2.29. The summed E-state index contributed by atoms with van der Waals surface area (Å²) >= 11 is 0. The van der Waals surface area contributed by atoms with Gasteiger partial charge in [0.25, 0.3) is 0 Å². The van der Waals surface area contributed by atoms with Gasteiger partial charge in [-0.05, 0) is 58.8 Å². The van der Waals surface area contributed by atoms with Gasteiger partial charge in [0.1, 0.15) is 0 Å². The van der Waals surface area contributed by atoms with Crippen LogP contribution in [-0.4, -0.2) is 44.5 Å². The molecule has 2 unspecified atom stereocenters. The minimum absolute atomic E-state index is 0.164. The predicted molar refractivity (Wildman–Crippen MR) is 75.3 cm³/mol. The second kappa shape index (κ2) is 8.48. The Morgan fingerprint density at radius 1 is 1.28 bits per heavy atom. The van der Waals surface area contributed by atoms with E-state index < -0.39 is 0 Å². The van der Waals surface area contributed by atoms with Crippen LogP contribution in [-0.2, 0) is 4.79 Å². The highest BCUT2D eigenvalue weighted by atomic mass is 16.1. The van der Waals surface area contributed by atoms with E-state index in [0.29, 0.717) is 12.5 Å². The quantitative estimate of drug-likeness (QED) is 0.672. The molecule has 1 amide bonds. The third kappa shape index (κ3) is 5.36. The van der Waals surface area contributed by atoms with Crippen molar-refractivity contribution in [2.45, 2.75) is 38.5 Å². The SMILES string of the molecule is CN(C)CCCCNC(=O)C1CCCCC1CN. The summed E-state index contributed by atoms with van der Waals surface area (Å²) < 4.78 is 0. The average Bonchev–Trinajstić information content (AvgIpc) is 2.37. The van der Waals surface area contributed by atoms with E-state index >= 15 is 0 Å². The van der Waals surface area contributed by atoms with Crippen molar-refractivity contribution in [3.8, 4) is 0 Å². The summed E-state index contributed by atoms with van der Waals surface area (Å²) in [5.74, 6) is 0.799. The first-order valence-corrected chi connectivity index (χ1v) is 7.27. The van der Waals surface area contributed by atoms with Crippen molar-refractivity contribution >= 4 is 5.91 Å². The van der Waals surface area contributed by atoms with Crippen LogP contribution in [0, 0.1) is 11.8 Å². The Labute approximate surface area is 111 Å². The van der Waals surface area contributed by atoms with Crippen LogP contribution in [0.15, 0.2) is 0 Å². The monoisotopic (exact) mass is 255 g/mol. The zero-order valence-electron chi connectivity index (χ0n) is 12.0. The van der Waals surface area contributed by atoms with Crippen LogP contribution in [0.1, 0.15) is 38.5 Å². The van der Waals surface area contributed by atoms with Crippen LogP contribution in [0.4, 0.5) is 0 Å². The number of rotatable bonds is 7. The zero-order valence-corrected chi connectivity index (χ0v) is 12.0. The standard InChI is InChI=1S/C14H29N3O/c1-17(2)10-6-5-9-16-14(18)13-8-4-3-7-12(13)11-15/h12-13H,3-11,15H2,1-2H3,(H,16,18). The van der Waals surface area contributed by atoms with Gasteiger partial charge in [-0.25, -0.2) is 0 Å². The normalized spacial score (nSPS) is 24.2. The summed E-state index contributed by atoms with van der Waals surface area (Å²) in [6, 6.07) is 0. The molecule has 1 fully saturated rings. The minimum atomic E-state index is 0.164. The van der Waals surface area contributed by atoms with E-state index in [0.717, 1.165) is 38.8 Å². The summed E-state index contributed by atoms with van der Waals surface area (Å²) in [6.45, 7) is 2.55. The summed E-state index contributed by atoms with van der Waals surface area (Å²) in [7, 11) is 4.15. The van der Waals surface area contributed by atoms with Gasteiger partial charge in [-0.2, -0.15) is 0 Å². The highest BCUT2D eigenvalue weighted by molar-refractivity contribution is 5.79. The van der Waals surface area contributed by atoms with E-state index in [4.69, 9.17) is 5.73 Å². The van der Waals surface area contributed by atoms with Crippen LogP contribution < -0.4 is 11.1 Å². The molecule has 106 valence electrons. The van der Waals surface area contributed by atoms with Crippen LogP contribution >= 0.6 is 0 Å². The molecule has 0 aromatic heterocycles. The number of nitrogens with one attached hydrogen (secondary N) is 1. The zero-order chi connectivity index (χ0) is 13.4. The number of nitrogens with zero attached hydrogens (tertiary/aromatic N) is 1. The molecule has 0 aliphatic heterocycles. The lowest BCUT2D eigenvalue weighted by Gasteiger charge is -2.29. The van der Waals surface area contributed by atoms with E-state index in [-0.39, 0.29) is 11.8 Å². The number of nitrogens with two attached hydrogens (primary N) is 1. The lowest BCUT2D eigenvalue weighted by molar-refractivity contribution is -0.127. The Hall–Kier alpha value is -0.610. The van der Waals surface area contributed by atoms with Gasteiger partial charge in [-0.15, -0.1) is 0 Å². The van der Waals surface area contributed by atoms with Gasteiger partial charge >= 0.3 is 0 Å². The lowest BCUT2D eigenvalue weighted by Crippen LogP contribution is -2.39. The van der Waals surface area contributed by atoms with Gasteiger partial charge in [0, 0.05) is 12.5 Å². The number of carbonyl (C=O) groups is 1. The molecular formula is C14H29N3O. The molecule has 18 heavy (non-hydrogen) atoms. The molecule has 1 saturated carbocycles. The molecule has 1 aliphatic rings. The molecule has 1 rings (SSSR count). The van der Waals surface area contributed by atoms with E-state index in [1.807, 2.05) is 0 Å². The van der Waals surface area contributed by atoms with E-state index in [1.54, 1.807) is 0 Å². The Bertz CT molecular complexity index is 243. The predicted octanol–water partition coefficient (Wildman–Crippen LogP) is 1.21. The Morgan fingerprint density at radius 3 is 2.67 bits per heavy atom. The molecular weight excluding hydrogens is 226 g/mol. The first-order valence-electron chi connectivity index (χ1n) is 7.27. The summed E-state index contributed by atoms with van der Waals surface area (Å²) in [4.78, 5) is 14.3. The number of carbonyl (C=O) groups excluding carboxylic acids is 1. The van der Waals surface area contributed by atoms with Gasteiger partial charge in [0.2, 0.25) is 5.91 Å². The van der Waals surface area contributed by atoms with E-state index in [1.165, 1.54) is 12.8 Å². The second-order valence-corrected chi connectivity index (χ2v) is 5.69. The average molecular weight is 255 g/mol. The summed E-state index contributed by atoms with van der Waals surface area (Å²) in [6.07, 6.45) is 6.74. The maximum atomic E-state index is 12.1. The third-order valence-electron chi connectivity index (χ3n) is 3.88. The lowest BCUT2D eigenvalue weighted by atomic mass is 9.79. The van der Waals surface area contributed by atoms with Crippen molar-refractivity contribution in [1.82, 2.24) is 10.2 Å². The van der Waals surface area contributed by atoms with Crippen molar-refractivity contribution < 1.29 is 4.79 Å². The molecule has 0 heterocycles. The number of hydrogen-bond donors (Lipinski definition) is 2. The van der Waals surface area contributed by atoms with Crippen molar-refractivity contribution in [2.75, 3.05) is 33.7 Å². The Kier molecular flexibility index (Phi) is 7.28. The molecule has 0 aromatic rings. The summed E-state index contributed by atoms with van der Waals surface area (Å²) in [5.41, 5.74) is 5.76. The number of unbranched alkanes of at least 4 members (excludes halogenated alkanes) is 1. The molecule has 0 bridgehead atoms. The molecule has 4 heteroatoms. The van der Waals surface area contributed by atoms with Gasteiger partial charge < -0.3 is 16.0 Å². The Balaban J connectivity index is 2.18. The van der Waals surface area contributed by atoms with Gasteiger partial charge in [0.05, 0.1) is 0 Å². The van der Waals surface area contributed by atoms with Crippen LogP contribution in [0.5, 0.6) is 0 Å².